The van der Waals surface area contributed by atoms with E-state index in [1.165, 1.54) is 6.33 Å². The van der Waals surface area contributed by atoms with Crippen LogP contribution in [0.1, 0.15) is 5.56 Å². The van der Waals surface area contributed by atoms with Gasteiger partial charge in [-0.05, 0) is 18.2 Å². The number of hydrogen-bond acceptors (Lipinski definition) is 5. The van der Waals surface area contributed by atoms with E-state index in [1.807, 2.05) is 18.2 Å². The summed E-state index contributed by atoms with van der Waals surface area (Å²) in [5.41, 5.74) is 1.54. The fourth-order valence-corrected chi connectivity index (χ4v) is 2.44. The van der Waals surface area contributed by atoms with Crippen LogP contribution in [0.5, 0.6) is 11.8 Å². The molecule has 1 heterocycles. The van der Waals surface area contributed by atoms with Crippen LogP contribution in [0.15, 0.2) is 29.0 Å². The number of anilines is 1. The summed E-state index contributed by atoms with van der Waals surface area (Å²) in [6, 6.07) is 5.61. The van der Waals surface area contributed by atoms with Crippen LogP contribution in [0.3, 0.4) is 0 Å². The Hall–Kier alpha value is -1.53. The lowest BCUT2D eigenvalue weighted by Crippen LogP contribution is -2.07. The molecule has 0 atom stereocenters. The Morgan fingerprint density at radius 3 is 2.40 bits per heavy atom. The average molecular weight is 359 g/mol. The van der Waals surface area contributed by atoms with E-state index in [-0.39, 0.29) is 0 Å². The van der Waals surface area contributed by atoms with E-state index >= 15 is 0 Å². The third-order valence-corrected chi connectivity index (χ3v) is 3.45. The molecule has 5 nitrogen and oxygen atoms in total. The first-order chi connectivity index (χ1) is 9.65. The summed E-state index contributed by atoms with van der Waals surface area (Å²) >= 11 is 9.52. The Morgan fingerprint density at radius 2 is 1.85 bits per heavy atom. The van der Waals surface area contributed by atoms with Crippen molar-refractivity contribution in [1.82, 2.24) is 9.97 Å². The summed E-state index contributed by atoms with van der Waals surface area (Å²) in [6.07, 6.45) is 1.40. The third kappa shape index (κ3) is 3.32. The molecule has 0 bridgehead atoms. The molecule has 106 valence electrons. The second-order valence-corrected chi connectivity index (χ2v) is 5.17. The summed E-state index contributed by atoms with van der Waals surface area (Å²) in [4.78, 5) is 8.12. The lowest BCUT2D eigenvalue weighted by atomic mass is 10.2. The molecule has 0 aliphatic heterocycles. The lowest BCUT2D eigenvalue weighted by Gasteiger charge is -2.13. The molecule has 20 heavy (non-hydrogen) atoms. The number of hydrogen-bond donors (Lipinski definition) is 1. The third-order valence-electron chi connectivity index (χ3n) is 2.64. The van der Waals surface area contributed by atoms with Crippen LogP contribution < -0.4 is 14.8 Å². The van der Waals surface area contributed by atoms with E-state index in [0.29, 0.717) is 23.3 Å². The van der Waals surface area contributed by atoms with Gasteiger partial charge in [0.25, 0.3) is 0 Å². The van der Waals surface area contributed by atoms with Crippen molar-refractivity contribution in [3.8, 4) is 11.8 Å². The van der Waals surface area contributed by atoms with E-state index in [0.717, 1.165) is 15.7 Å². The SMILES string of the molecule is COc1ncnc(OC)c1CNc1ccc(Br)cc1Cl. The van der Waals surface area contributed by atoms with Crippen molar-refractivity contribution >= 4 is 33.2 Å². The lowest BCUT2D eigenvalue weighted by molar-refractivity contribution is 0.363. The molecular weight excluding hydrogens is 346 g/mol. The maximum atomic E-state index is 6.16. The highest BCUT2D eigenvalue weighted by Crippen LogP contribution is 2.28. The van der Waals surface area contributed by atoms with E-state index in [4.69, 9.17) is 21.1 Å². The summed E-state index contributed by atoms with van der Waals surface area (Å²) in [6.45, 7) is 0.439. The van der Waals surface area contributed by atoms with Crippen molar-refractivity contribution in [1.29, 1.82) is 0 Å². The van der Waals surface area contributed by atoms with Gasteiger partial charge in [0, 0.05) is 4.47 Å². The molecule has 1 N–H and O–H groups in total. The maximum absolute atomic E-state index is 6.16. The number of halogens is 2. The van der Waals surface area contributed by atoms with Crippen molar-refractivity contribution in [3.05, 3.63) is 39.6 Å². The summed E-state index contributed by atoms with van der Waals surface area (Å²) in [5, 5.41) is 3.83. The van der Waals surface area contributed by atoms with Gasteiger partial charge in [-0.15, -0.1) is 0 Å². The minimum atomic E-state index is 0.439. The van der Waals surface area contributed by atoms with Crippen molar-refractivity contribution in [2.24, 2.45) is 0 Å². The number of nitrogens with one attached hydrogen (secondary N) is 1. The minimum Gasteiger partial charge on any atom is -0.481 e. The molecular formula is C13H13BrClN3O2. The first-order valence-electron chi connectivity index (χ1n) is 5.76. The van der Waals surface area contributed by atoms with Gasteiger partial charge in [0.05, 0.1) is 37.0 Å². The summed E-state index contributed by atoms with van der Waals surface area (Å²) in [7, 11) is 3.11. The van der Waals surface area contributed by atoms with E-state index in [9.17, 15) is 0 Å². The molecule has 2 rings (SSSR count). The second kappa shape index (κ2) is 6.76. The largest absolute Gasteiger partial charge is 0.481 e. The Morgan fingerprint density at radius 1 is 1.20 bits per heavy atom. The number of benzene rings is 1. The predicted molar refractivity (Wildman–Crippen MR) is 81.6 cm³/mol. The molecule has 0 amide bonds. The molecule has 0 aliphatic rings. The van der Waals surface area contributed by atoms with Crippen molar-refractivity contribution in [2.75, 3.05) is 19.5 Å². The van der Waals surface area contributed by atoms with Gasteiger partial charge in [0.15, 0.2) is 0 Å². The molecule has 2 aromatic rings. The van der Waals surface area contributed by atoms with E-state index in [2.05, 4.69) is 31.2 Å². The fraction of sp³-hybridized carbons (Fsp3) is 0.231. The molecule has 0 fully saturated rings. The fourth-order valence-electron chi connectivity index (χ4n) is 1.70. The van der Waals surface area contributed by atoms with Gasteiger partial charge in [0.1, 0.15) is 6.33 Å². The Balaban J connectivity index is 2.22. The van der Waals surface area contributed by atoms with Gasteiger partial charge in [0.2, 0.25) is 11.8 Å². The molecule has 0 aliphatic carbocycles. The molecule has 0 unspecified atom stereocenters. The number of nitrogens with zero attached hydrogens (tertiary/aromatic N) is 2. The predicted octanol–water partition coefficient (Wildman–Crippen LogP) is 3.52. The van der Waals surface area contributed by atoms with Crippen LogP contribution in [0.25, 0.3) is 0 Å². The highest BCUT2D eigenvalue weighted by atomic mass is 79.9. The Bertz CT molecular complexity index is 588. The zero-order chi connectivity index (χ0) is 14.5. The number of aromatic nitrogens is 2. The molecule has 0 radical (unpaired) electrons. The smallest absolute Gasteiger partial charge is 0.225 e. The van der Waals surface area contributed by atoms with Crippen LogP contribution in [-0.2, 0) is 6.54 Å². The van der Waals surface area contributed by atoms with Crippen molar-refractivity contribution < 1.29 is 9.47 Å². The normalized spacial score (nSPS) is 10.2. The number of methoxy groups -OCH3 is 2. The quantitative estimate of drug-likeness (QED) is 0.886. The van der Waals surface area contributed by atoms with Crippen LogP contribution in [0.2, 0.25) is 5.02 Å². The molecule has 0 spiro atoms. The van der Waals surface area contributed by atoms with Crippen molar-refractivity contribution in [2.45, 2.75) is 6.54 Å². The van der Waals surface area contributed by atoms with Crippen LogP contribution in [0.4, 0.5) is 5.69 Å². The second-order valence-electron chi connectivity index (χ2n) is 3.85. The van der Waals surface area contributed by atoms with Gasteiger partial charge < -0.3 is 14.8 Å². The van der Waals surface area contributed by atoms with E-state index in [1.54, 1.807) is 14.2 Å². The van der Waals surface area contributed by atoms with E-state index < -0.39 is 0 Å². The van der Waals surface area contributed by atoms with Crippen LogP contribution in [-0.4, -0.2) is 24.2 Å². The van der Waals surface area contributed by atoms with Gasteiger partial charge in [-0.1, -0.05) is 27.5 Å². The topological polar surface area (TPSA) is 56.3 Å². The van der Waals surface area contributed by atoms with Gasteiger partial charge in [-0.2, -0.15) is 0 Å². The average Bonchev–Trinajstić information content (AvgIpc) is 2.46. The number of ether oxygens (including phenoxy) is 2. The first-order valence-corrected chi connectivity index (χ1v) is 6.93. The van der Waals surface area contributed by atoms with Gasteiger partial charge in [-0.25, -0.2) is 9.97 Å². The Kier molecular flexibility index (Phi) is 5.03. The maximum Gasteiger partial charge on any atom is 0.225 e. The minimum absolute atomic E-state index is 0.439. The molecule has 0 saturated heterocycles. The van der Waals surface area contributed by atoms with Crippen LogP contribution in [0, 0.1) is 0 Å². The standard InChI is InChI=1S/C13H13BrClN3O2/c1-19-12-9(13(20-2)18-7-17-12)6-16-11-4-3-8(14)5-10(11)15/h3-5,7,16H,6H2,1-2H3. The van der Waals surface area contributed by atoms with Gasteiger partial charge in [-0.3, -0.25) is 0 Å². The highest BCUT2D eigenvalue weighted by Gasteiger charge is 2.13. The summed E-state index contributed by atoms with van der Waals surface area (Å²) < 4.78 is 11.4. The molecule has 0 saturated carbocycles. The monoisotopic (exact) mass is 357 g/mol. The van der Waals surface area contributed by atoms with Crippen LogP contribution >= 0.6 is 27.5 Å². The highest BCUT2D eigenvalue weighted by molar-refractivity contribution is 9.10. The first kappa shape index (κ1) is 14.9. The zero-order valence-corrected chi connectivity index (χ0v) is 13.3. The molecule has 1 aromatic carbocycles. The number of rotatable bonds is 5. The Labute approximate surface area is 130 Å². The molecule has 1 aromatic heterocycles. The zero-order valence-electron chi connectivity index (χ0n) is 11.0. The summed E-state index contributed by atoms with van der Waals surface area (Å²) in [5.74, 6) is 0.940. The van der Waals surface area contributed by atoms with Gasteiger partial charge >= 0.3 is 0 Å². The van der Waals surface area contributed by atoms with Crippen molar-refractivity contribution in [3.63, 3.8) is 0 Å². The molecule has 7 heteroatoms.